The van der Waals surface area contributed by atoms with Gasteiger partial charge in [0.2, 0.25) is 0 Å². The summed E-state index contributed by atoms with van der Waals surface area (Å²) < 4.78 is 10.5. The van der Waals surface area contributed by atoms with E-state index in [-0.39, 0.29) is 5.91 Å². The number of rotatable bonds is 5. The highest BCUT2D eigenvalue weighted by molar-refractivity contribution is 8.18. The molecule has 1 amide bonds. The molecule has 0 spiro atoms. The predicted octanol–water partition coefficient (Wildman–Crippen LogP) is 3.99. The number of methoxy groups -OCH3 is 1. The first-order valence-electron chi connectivity index (χ1n) is 7.84. The molecule has 2 aromatic carbocycles. The molecule has 2 aromatic rings. The fraction of sp³-hybridized carbons (Fsp3) is 0.158. The molecule has 1 N–H and O–H groups in total. The van der Waals surface area contributed by atoms with Crippen LogP contribution in [0.25, 0.3) is 6.08 Å². The minimum atomic E-state index is -0.148. The highest BCUT2D eigenvalue weighted by Gasteiger charge is 2.23. The van der Waals surface area contributed by atoms with E-state index in [1.54, 1.807) is 7.11 Å². The Balaban J connectivity index is 1.73. The first kappa shape index (κ1) is 17.1. The fourth-order valence-corrected chi connectivity index (χ4v) is 3.07. The molecule has 1 fully saturated rings. The molecule has 1 aliphatic heterocycles. The second kappa shape index (κ2) is 7.90. The van der Waals surface area contributed by atoms with Crippen LogP contribution in [0.5, 0.6) is 11.5 Å². The number of amidine groups is 1. The van der Waals surface area contributed by atoms with Gasteiger partial charge in [0, 0.05) is 0 Å². The number of amides is 1. The summed E-state index contributed by atoms with van der Waals surface area (Å²) in [6, 6.07) is 15.0. The van der Waals surface area contributed by atoms with Crippen LogP contribution < -0.4 is 14.8 Å². The van der Waals surface area contributed by atoms with Crippen LogP contribution in [0.3, 0.4) is 0 Å². The lowest BCUT2D eigenvalue weighted by Gasteiger charge is -2.02. The second-order valence-corrected chi connectivity index (χ2v) is 6.21. The minimum absolute atomic E-state index is 0.148. The average Bonchev–Trinajstić information content (AvgIpc) is 2.97. The largest absolute Gasteiger partial charge is 0.497 e. The Kier molecular flexibility index (Phi) is 5.40. The highest BCUT2D eigenvalue weighted by Crippen LogP contribution is 2.29. The Hall–Kier alpha value is -2.73. The Labute approximate surface area is 150 Å². The molecule has 128 valence electrons. The standard InChI is InChI=1S/C19H18N2O3S/c1-3-24-16-10-6-14(7-11-16)20-19-21-18(22)17(25-19)12-13-4-8-15(23-2)9-5-13/h4-12H,3H2,1-2H3,(H,20,21,22)/b17-12+. The van der Waals surface area contributed by atoms with Crippen LogP contribution in [0.1, 0.15) is 12.5 Å². The number of carbonyl (C=O) groups excluding carboxylic acids is 1. The van der Waals surface area contributed by atoms with Crippen molar-refractivity contribution < 1.29 is 14.3 Å². The van der Waals surface area contributed by atoms with Gasteiger partial charge in [-0.05, 0) is 66.7 Å². The van der Waals surface area contributed by atoms with Crippen molar-refractivity contribution in [1.29, 1.82) is 0 Å². The van der Waals surface area contributed by atoms with Crippen molar-refractivity contribution in [3.8, 4) is 11.5 Å². The van der Waals surface area contributed by atoms with Gasteiger partial charge >= 0.3 is 0 Å². The molecule has 0 bridgehead atoms. The van der Waals surface area contributed by atoms with Gasteiger partial charge in [0.05, 0.1) is 24.3 Å². The molecule has 1 aliphatic rings. The molecule has 0 saturated carbocycles. The summed E-state index contributed by atoms with van der Waals surface area (Å²) in [6.45, 7) is 2.56. The normalized spacial score (nSPS) is 17.0. The number of thioether (sulfide) groups is 1. The van der Waals surface area contributed by atoms with Crippen LogP contribution in [0.15, 0.2) is 58.4 Å². The predicted molar refractivity (Wildman–Crippen MR) is 101 cm³/mol. The topological polar surface area (TPSA) is 59.9 Å². The lowest BCUT2D eigenvalue weighted by Crippen LogP contribution is -2.19. The van der Waals surface area contributed by atoms with Crippen molar-refractivity contribution in [3.05, 3.63) is 59.0 Å². The van der Waals surface area contributed by atoms with Gasteiger partial charge in [-0.1, -0.05) is 12.1 Å². The van der Waals surface area contributed by atoms with E-state index in [2.05, 4.69) is 10.3 Å². The van der Waals surface area contributed by atoms with Crippen molar-refractivity contribution in [1.82, 2.24) is 5.32 Å². The molecule has 25 heavy (non-hydrogen) atoms. The van der Waals surface area contributed by atoms with Crippen LogP contribution in [0.4, 0.5) is 5.69 Å². The number of hydrogen-bond acceptors (Lipinski definition) is 5. The third-order valence-corrected chi connectivity index (χ3v) is 4.35. The van der Waals surface area contributed by atoms with Gasteiger partial charge in [0.1, 0.15) is 11.5 Å². The molecule has 0 aliphatic carbocycles. The van der Waals surface area contributed by atoms with E-state index < -0.39 is 0 Å². The molecule has 0 aromatic heterocycles. The van der Waals surface area contributed by atoms with Crippen LogP contribution in [0, 0.1) is 0 Å². The summed E-state index contributed by atoms with van der Waals surface area (Å²) in [5.41, 5.74) is 1.69. The minimum Gasteiger partial charge on any atom is -0.497 e. The van der Waals surface area contributed by atoms with Crippen molar-refractivity contribution in [3.63, 3.8) is 0 Å². The number of hydrogen-bond donors (Lipinski definition) is 1. The van der Waals surface area contributed by atoms with Crippen molar-refractivity contribution in [2.45, 2.75) is 6.92 Å². The number of nitrogens with one attached hydrogen (secondary N) is 1. The fourth-order valence-electron chi connectivity index (χ4n) is 2.23. The first-order valence-corrected chi connectivity index (χ1v) is 8.66. The molecule has 1 saturated heterocycles. The van der Waals surface area contributed by atoms with Gasteiger partial charge in [0.15, 0.2) is 5.17 Å². The van der Waals surface area contributed by atoms with Gasteiger partial charge in [-0.2, -0.15) is 0 Å². The van der Waals surface area contributed by atoms with E-state index >= 15 is 0 Å². The monoisotopic (exact) mass is 354 g/mol. The van der Waals surface area contributed by atoms with E-state index in [4.69, 9.17) is 9.47 Å². The van der Waals surface area contributed by atoms with Crippen molar-refractivity contribution in [2.24, 2.45) is 4.99 Å². The van der Waals surface area contributed by atoms with Crippen LogP contribution in [-0.2, 0) is 4.79 Å². The van der Waals surface area contributed by atoms with Gasteiger partial charge in [-0.15, -0.1) is 0 Å². The lowest BCUT2D eigenvalue weighted by molar-refractivity contribution is -0.115. The van der Waals surface area contributed by atoms with Crippen LogP contribution in [0.2, 0.25) is 0 Å². The maximum Gasteiger partial charge on any atom is 0.264 e. The molecule has 0 unspecified atom stereocenters. The molecule has 6 heteroatoms. The van der Waals surface area contributed by atoms with E-state index in [9.17, 15) is 4.79 Å². The molecular formula is C19H18N2O3S. The number of aliphatic imine (C=N–C) groups is 1. The summed E-state index contributed by atoms with van der Waals surface area (Å²) in [7, 11) is 1.62. The summed E-state index contributed by atoms with van der Waals surface area (Å²) in [4.78, 5) is 17.2. The summed E-state index contributed by atoms with van der Waals surface area (Å²) >= 11 is 1.32. The van der Waals surface area contributed by atoms with Crippen LogP contribution >= 0.6 is 11.8 Å². The molecule has 3 rings (SSSR count). The molecule has 1 heterocycles. The maximum atomic E-state index is 12.1. The Morgan fingerprint density at radius 2 is 1.76 bits per heavy atom. The Morgan fingerprint density at radius 3 is 2.40 bits per heavy atom. The Bertz CT molecular complexity index is 812. The lowest BCUT2D eigenvalue weighted by atomic mass is 10.2. The molecule has 0 atom stereocenters. The first-order chi connectivity index (χ1) is 12.2. The molecular weight excluding hydrogens is 336 g/mol. The summed E-state index contributed by atoms with van der Waals surface area (Å²) in [5, 5.41) is 3.35. The third-order valence-electron chi connectivity index (χ3n) is 3.44. The van der Waals surface area contributed by atoms with Crippen LogP contribution in [-0.4, -0.2) is 24.8 Å². The van der Waals surface area contributed by atoms with E-state index in [1.807, 2.05) is 61.5 Å². The van der Waals surface area contributed by atoms with E-state index in [1.165, 1.54) is 11.8 Å². The SMILES string of the molecule is CCOc1ccc(N=C2NC(=O)/C(=C\c3ccc(OC)cc3)S2)cc1. The van der Waals surface area contributed by atoms with E-state index in [0.29, 0.717) is 16.7 Å². The molecule has 5 nitrogen and oxygen atoms in total. The number of benzene rings is 2. The number of carbonyl (C=O) groups is 1. The smallest absolute Gasteiger partial charge is 0.264 e. The van der Waals surface area contributed by atoms with E-state index in [0.717, 1.165) is 22.7 Å². The summed E-state index contributed by atoms with van der Waals surface area (Å²) in [6.07, 6.45) is 1.83. The Morgan fingerprint density at radius 1 is 1.08 bits per heavy atom. The third kappa shape index (κ3) is 4.42. The van der Waals surface area contributed by atoms with Gasteiger partial charge in [-0.3, -0.25) is 4.79 Å². The molecule has 0 radical (unpaired) electrons. The zero-order valence-electron chi connectivity index (χ0n) is 14.0. The van der Waals surface area contributed by atoms with Crippen molar-refractivity contribution >= 4 is 34.6 Å². The maximum absolute atomic E-state index is 12.1. The summed E-state index contributed by atoms with van der Waals surface area (Å²) in [5.74, 6) is 1.43. The number of nitrogens with zero attached hydrogens (tertiary/aromatic N) is 1. The van der Waals surface area contributed by atoms with Crippen molar-refractivity contribution in [2.75, 3.05) is 13.7 Å². The van der Waals surface area contributed by atoms with Gasteiger partial charge < -0.3 is 14.8 Å². The second-order valence-electron chi connectivity index (χ2n) is 5.18. The quantitative estimate of drug-likeness (QED) is 0.825. The number of ether oxygens (including phenoxy) is 2. The van der Waals surface area contributed by atoms with Gasteiger partial charge in [0.25, 0.3) is 5.91 Å². The average molecular weight is 354 g/mol. The van der Waals surface area contributed by atoms with Gasteiger partial charge in [-0.25, -0.2) is 4.99 Å². The zero-order chi connectivity index (χ0) is 17.6. The highest BCUT2D eigenvalue weighted by atomic mass is 32.2. The zero-order valence-corrected chi connectivity index (χ0v) is 14.8.